The summed E-state index contributed by atoms with van der Waals surface area (Å²) in [4.78, 5) is 13.1. The van der Waals surface area contributed by atoms with E-state index in [0.29, 0.717) is 17.1 Å². The molecule has 3 unspecified atom stereocenters. The number of allylic oxidation sites excluding steroid dienone is 5. The average Bonchev–Trinajstić information content (AvgIpc) is 3.37. The molecule has 0 amide bonds. The highest BCUT2D eigenvalue weighted by Crippen LogP contribution is 2.34. The minimum Gasteiger partial charge on any atom is -0.498 e. The van der Waals surface area contributed by atoms with Crippen molar-refractivity contribution in [1.29, 1.82) is 0 Å². The number of carbonyl (C=O) groups is 1. The van der Waals surface area contributed by atoms with Crippen LogP contribution in [-0.4, -0.2) is 24.6 Å². The standard InChI is InChI=1S/C24H31N5O2/c1-13(24(25)28-17-5-7-20-21(11-17)27-14(2)26-20)23(30)22-10-16-9-18(6-8-19(16)29-22)31-12-15-3-4-15/h6-8,10-11,14-17,26-29H,3-5,9,12,25H2,1-2H3/b24-13+. The highest BCUT2D eigenvalue weighted by molar-refractivity contribution is 6.08. The van der Waals surface area contributed by atoms with Crippen molar-refractivity contribution < 1.29 is 9.53 Å². The van der Waals surface area contributed by atoms with E-state index in [4.69, 9.17) is 10.5 Å². The van der Waals surface area contributed by atoms with Gasteiger partial charge >= 0.3 is 0 Å². The normalized spacial score (nSPS) is 29.4. The monoisotopic (exact) mass is 421 g/mol. The molecule has 5 aliphatic rings. The number of ether oxygens (including phenoxy) is 1. The molecule has 0 aromatic carbocycles. The van der Waals surface area contributed by atoms with Gasteiger partial charge in [-0.05, 0) is 63.3 Å². The molecule has 0 radical (unpaired) electrons. The Morgan fingerprint density at radius 2 is 2.03 bits per heavy atom. The maximum Gasteiger partial charge on any atom is 0.208 e. The number of Topliss-reactive ketones (excluding diaryl/α,β-unsaturated/α-hetero) is 1. The van der Waals surface area contributed by atoms with Crippen LogP contribution in [0, 0.1) is 11.8 Å². The summed E-state index contributed by atoms with van der Waals surface area (Å²) >= 11 is 0. The predicted molar refractivity (Wildman–Crippen MR) is 120 cm³/mol. The smallest absolute Gasteiger partial charge is 0.208 e. The molecule has 0 bridgehead atoms. The van der Waals surface area contributed by atoms with Gasteiger partial charge in [0.05, 0.1) is 41.7 Å². The highest BCUT2D eigenvalue weighted by Gasteiger charge is 2.30. The fraction of sp³-hybridized carbons (Fsp3) is 0.458. The molecule has 3 atom stereocenters. The third kappa shape index (κ3) is 4.22. The second-order valence-corrected chi connectivity index (χ2v) is 9.09. The first kappa shape index (κ1) is 19.8. The number of nitrogens with two attached hydrogens (primary N) is 1. The van der Waals surface area contributed by atoms with Crippen molar-refractivity contribution in [3.63, 3.8) is 0 Å². The van der Waals surface area contributed by atoms with Crippen LogP contribution in [0.2, 0.25) is 0 Å². The van der Waals surface area contributed by atoms with E-state index in [2.05, 4.69) is 40.3 Å². The van der Waals surface area contributed by atoms with Gasteiger partial charge in [0.1, 0.15) is 5.82 Å². The molecular formula is C24H31N5O2. The van der Waals surface area contributed by atoms with Crippen LogP contribution in [0.5, 0.6) is 0 Å². The van der Waals surface area contributed by atoms with Gasteiger partial charge in [-0.15, -0.1) is 0 Å². The van der Waals surface area contributed by atoms with Crippen molar-refractivity contribution in [2.75, 3.05) is 6.61 Å². The SMILES string of the molecule is C/C(C(=O)C1=CC2CC(OCC3CC3)=CC=C2N1)=C(/N)NC1C=C2NC(C)NC2=CC1. The molecule has 1 saturated heterocycles. The Hall–Kier alpha value is -3.09. The Balaban J connectivity index is 1.21. The first-order valence-electron chi connectivity index (χ1n) is 11.2. The lowest BCUT2D eigenvalue weighted by Gasteiger charge is -2.21. The second-order valence-electron chi connectivity index (χ2n) is 9.09. The van der Waals surface area contributed by atoms with Gasteiger partial charge in [0.25, 0.3) is 0 Å². The van der Waals surface area contributed by atoms with Crippen LogP contribution in [0.4, 0.5) is 0 Å². The first-order chi connectivity index (χ1) is 15.0. The molecule has 31 heavy (non-hydrogen) atoms. The van der Waals surface area contributed by atoms with E-state index in [1.54, 1.807) is 6.92 Å². The van der Waals surface area contributed by atoms with E-state index in [0.717, 1.165) is 48.2 Å². The Morgan fingerprint density at radius 3 is 2.84 bits per heavy atom. The summed E-state index contributed by atoms with van der Waals surface area (Å²) in [5.74, 6) is 2.24. The molecule has 0 spiro atoms. The molecule has 2 heterocycles. The zero-order valence-electron chi connectivity index (χ0n) is 18.1. The lowest BCUT2D eigenvalue weighted by atomic mass is 9.97. The molecule has 0 aromatic heterocycles. The highest BCUT2D eigenvalue weighted by atomic mass is 16.5. The summed E-state index contributed by atoms with van der Waals surface area (Å²) in [6.07, 6.45) is 14.7. The van der Waals surface area contributed by atoms with Crippen LogP contribution in [-0.2, 0) is 9.53 Å². The fourth-order valence-corrected chi connectivity index (χ4v) is 4.34. The van der Waals surface area contributed by atoms with Crippen LogP contribution < -0.4 is 27.0 Å². The molecule has 2 aliphatic heterocycles. The number of carbonyl (C=O) groups excluding carboxylic acids is 1. The minimum atomic E-state index is -0.0743. The maximum atomic E-state index is 13.1. The van der Waals surface area contributed by atoms with Crippen LogP contribution in [0.1, 0.15) is 39.5 Å². The van der Waals surface area contributed by atoms with Gasteiger partial charge < -0.3 is 31.7 Å². The summed E-state index contributed by atoms with van der Waals surface area (Å²) in [6.45, 7) is 4.67. The van der Waals surface area contributed by atoms with Gasteiger partial charge in [-0.2, -0.15) is 0 Å². The van der Waals surface area contributed by atoms with Crippen molar-refractivity contribution >= 4 is 5.78 Å². The quantitative estimate of drug-likeness (QED) is 0.402. The zero-order valence-corrected chi connectivity index (χ0v) is 18.1. The number of fused-ring (bicyclic) bond motifs is 2. The summed E-state index contributed by atoms with van der Waals surface area (Å²) in [6, 6.07) is 0.0484. The van der Waals surface area contributed by atoms with E-state index >= 15 is 0 Å². The van der Waals surface area contributed by atoms with Crippen LogP contribution in [0.3, 0.4) is 0 Å². The van der Waals surface area contributed by atoms with E-state index in [1.807, 2.05) is 18.2 Å². The fourth-order valence-electron chi connectivity index (χ4n) is 4.34. The van der Waals surface area contributed by atoms with Crippen molar-refractivity contribution in [2.24, 2.45) is 17.6 Å². The molecule has 164 valence electrons. The number of ketones is 1. The molecule has 1 saturated carbocycles. The van der Waals surface area contributed by atoms with Crippen LogP contribution >= 0.6 is 0 Å². The van der Waals surface area contributed by atoms with Gasteiger partial charge in [-0.1, -0.05) is 6.08 Å². The molecular weight excluding hydrogens is 390 g/mol. The van der Waals surface area contributed by atoms with E-state index in [9.17, 15) is 4.79 Å². The predicted octanol–water partition coefficient (Wildman–Crippen LogP) is 2.12. The molecule has 6 N–H and O–H groups in total. The largest absolute Gasteiger partial charge is 0.498 e. The molecule has 2 fully saturated rings. The van der Waals surface area contributed by atoms with E-state index < -0.39 is 0 Å². The molecule has 0 aromatic rings. The van der Waals surface area contributed by atoms with Crippen LogP contribution in [0.15, 0.2) is 70.3 Å². The maximum absolute atomic E-state index is 13.1. The summed E-state index contributed by atoms with van der Waals surface area (Å²) in [5, 5.41) is 13.3. The molecule has 3 aliphatic carbocycles. The summed E-state index contributed by atoms with van der Waals surface area (Å²) < 4.78 is 5.93. The summed E-state index contributed by atoms with van der Waals surface area (Å²) in [7, 11) is 0. The van der Waals surface area contributed by atoms with Gasteiger partial charge in [0, 0.05) is 23.6 Å². The van der Waals surface area contributed by atoms with Gasteiger partial charge in [-0.25, -0.2) is 0 Å². The number of nitrogens with one attached hydrogen (secondary N) is 4. The minimum absolute atomic E-state index is 0.0484. The second kappa shape index (κ2) is 7.87. The molecule has 7 nitrogen and oxygen atoms in total. The van der Waals surface area contributed by atoms with Crippen molar-refractivity contribution in [3.8, 4) is 0 Å². The van der Waals surface area contributed by atoms with Crippen molar-refractivity contribution in [1.82, 2.24) is 21.3 Å². The Kier molecular flexibility index (Phi) is 5.04. The molecule has 7 heteroatoms. The summed E-state index contributed by atoms with van der Waals surface area (Å²) in [5.41, 5.74) is 10.7. The average molecular weight is 422 g/mol. The first-order valence-corrected chi connectivity index (χ1v) is 11.2. The number of hydrogen-bond donors (Lipinski definition) is 5. The number of hydrogen-bond acceptors (Lipinski definition) is 7. The van der Waals surface area contributed by atoms with Crippen molar-refractivity contribution in [3.05, 3.63) is 70.3 Å². The van der Waals surface area contributed by atoms with Gasteiger partial charge in [0.15, 0.2) is 0 Å². The Morgan fingerprint density at radius 1 is 1.23 bits per heavy atom. The van der Waals surface area contributed by atoms with Gasteiger partial charge in [-0.3, -0.25) is 4.79 Å². The number of rotatable bonds is 7. The molecule has 5 rings (SSSR count). The Labute approximate surface area is 183 Å². The van der Waals surface area contributed by atoms with Crippen molar-refractivity contribution in [2.45, 2.75) is 51.7 Å². The Bertz CT molecular complexity index is 980. The third-order valence-electron chi connectivity index (χ3n) is 6.43. The van der Waals surface area contributed by atoms with E-state index in [-0.39, 0.29) is 23.9 Å². The van der Waals surface area contributed by atoms with E-state index in [1.165, 1.54) is 12.8 Å². The lowest BCUT2D eigenvalue weighted by Crippen LogP contribution is -2.34. The lowest BCUT2D eigenvalue weighted by molar-refractivity contribution is -0.112. The topological polar surface area (TPSA) is 100 Å². The third-order valence-corrected chi connectivity index (χ3v) is 6.43. The van der Waals surface area contributed by atoms with Crippen LogP contribution in [0.25, 0.3) is 0 Å². The zero-order chi connectivity index (χ0) is 21.5. The van der Waals surface area contributed by atoms with Gasteiger partial charge in [0.2, 0.25) is 5.78 Å².